The molecule has 0 aliphatic rings. The molecule has 0 unspecified atom stereocenters. The molecule has 4 heteroatoms. The van der Waals surface area contributed by atoms with Crippen LogP contribution < -0.4 is 0 Å². The summed E-state index contributed by atoms with van der Waals surface area (Å²) in [6.45, 7) is 1.63. The van der Waals surface area contributed by atoms with Gasteiger partial charge >= 0.3 is 0 Å². The first kappa shape index (κ1) is 11.9. The van der Waals surface area contributed by atoms with Crippen LogP contribution >= 0.6 is 11.3 Å². The Kier molecular flexibility index (Phi) is 3.98. The van der Waals surface area contributed by atoms with Crippen LogP contribution in [0, 0.1) is 0 Å². The molecule has 0 aromatic carbocycles. The molecule has 0 bridgehead atoms. The molecule has 0 fully saturated rings. The lowest BCUT2D eigenvalue weighted by atomic mass is 10.2. The number of pyridine rings is 1. The number of aromatic nitrogens is 2. The van der Waals surface area contributed by atoms with Crippen molar-refractivity contribution in [3.05, 3.63) is 34.8 Å². The Labute approximate surface area is 105 Å². The summed E-state index contributed by atoms with van der Waals surface area (Å²) in [6.07, 6.45) is 4.16. The fourth-order valence-electron chi connectivity index (χ4n) is 1.55. The van der Waals surface area contributed by atoms with Crippen molar-refractivity contribution in [2.75, 3.05) is 0 Å². The summed E-state index contributed by atoms with van der Waals surface area (Å²) < 4.78 is 0. The summed E-state index contributed by atoms with van der Waals surface area (Å²) in [5.41, 5.74) is 1.83. The van der Waals surface area contributed by atoms with E-state index in [9.17, 15) is 4.79 Å². The van der Waals surface area contributed by atoms with E-state index in [1.54, 1.807) is 24.5 Å². The molecule has 0 aliphatic heterocycles. The Balaban J connectivity index is 1.99. The Bertz CT molecular complexity index is 493. The maximum absolute atomic E-state index is 10.8. The zero-order valence-electron chi connectivity index (χ0n) is 9.72. The van der Waals surface area contributed by atoms with E-state index >= 15 is 0 Å². The van der Waals surface area contributed by atoms with Crippen molar-refractivity contribution < 1.29 is 4.79 Å². The molecule has 0 aliphatic carbocycles. The van der Waals surface area contributed by atoms with Gasteiger partial charge in [-0.05, 0) is 31.9 Å². The molecular weight excluding hydrogens is 232 g/mol. The minimum Gasteiger partial charge on any atom is -0.300 e. The zero-order chi connectivity index (χ0) is 12.1. The predicted molar refractivity (Wildman–Crippen MR) is 69.0 cm³/mol. The van der Waals surface area contributed by atoms with E-state index < -0.39 is 0 Å². The highest BCUT2D eigenvalue weighted by atomic mass is 32.1. The van der Waals surface area contributed by atoms with E-state index in [-0.39, 0.29) is 5.78 Å². The lowest BCUT2D eigenvalue weighted by Crippen LogP contribution is -1.92. The van der Waals surface area contributed by atoms with Gasteiger partial charge in [0.15, 0.2) is 0 Å². The molecule has 2 aromatic heterocycles. The number of carbonyl (C=O) groups is 1. The van der Waals surface area contributed by atoms with Crippen molar-refractivity contribution in [1.82, 2.24) is 9.97 Å². The van der Waals surface area contributed by atoms with Crippen molar-refractivity contribution in [3.8, 4) is 11.4 Å². The van der Waals surface area contributed by atoms with Gasteiger partial charge < -0.3 is 4.79 Å². The van der Waals surface area contributed by atoms with E-state index in [1.165, 1.54) is 0 Å². The van der Waals surface area contributed by atoms with Gasteiger partial charge in [0.1, 0.15) is 5.78 Å². The summed E-state index contributed by atoms with van der Waals surface area (Å²) in [5, 5.41) is 3.10. The van der Waals surface area contributed by atoms with Gasteiger partial charge in [-0.1, -0.05) is 6.07 Å². The Morgan fingerprint density at radius 3 is 2.94 bits per heavy atom. The Morgan fingerprint density at radius 2 is 2.24 bits per heavy atom. The van der Waals surface area contributed by atoms with E-state index in [0.29, 0.717) is 6.42 Å². The van der Waals surface area contributed by atoms with Crippen molar-refractivity contribution in [2.45, 2.75) is 26.2 Å². The van der Waals surface area contributed by atoms with Crippen LogP contribution in [-0.2, 0) is 11.2 Å². The van der Waals surface area contributed by atoms with Gasteiger partial charge in [-0.2, -0.15) is 0 Å². The molecule has 88 valence electrons. The largest absolute Gasteiger partial charge is 0.300 e. The molecular formula is C13H14N2OS. The van der Waals surface area contributed by atoms with Gasteiger partial charge in [-0.3, -0.25) is 4.98 Å². The van der Waals surface area contributed by atoms with Crippen LogP contribution in [0.15, 0.2) is 29.8 Å². The van der Waals surface area contributed by atoms with Crippen LogP contribution in [0.4, 0.5) is 0 Å². The highest BCUT2D eigenvalue weighted by Crippen LogP contribution is 2.20. The molecule has 17 heavy (non-hydrogen) atoms. The molecule has 3 nitrogen and oxygen atoms in total. The van der Waals surface area contributed by atoms with Crippen LogP contribution in [0.25, 0.3) is 11.4 Å². The highest BCUT2D eigenvalue weighted by Gasteiger charge is 2.05. The van der Waals surface area contributed by atoms with Crippen LogP contribution in [0.2, 0.25) is 0 Å². The minimum atomic E-state index is 0.242. The van der Waals surface area contributed by atoms with Crippen molar-refractivity contribution in [3.63, 3.8) is 0 Å². The SMILES string of the molecule is CC(=O)CCCc1nc(-c2ccccn2)cs1. The lowest BCUT2D eigenvalue weighted by Gasteiger charge is -1.95. The van der Waals surface area contributed by atoms with Crippen molar-refractivity contribution in [1.29, 1.82) is 0 Å². The highest BCUT2D eigenvalue weighted by molar-refractivity contribution is 7.09. The first-order chi connectivity index (χ1) is 8.25. The number of ketones is 1. The standard InChI is InChI=1S/C13H14N2OS/c1-10(16)5-4-7-13-15-12(9-17-13)11-6-2-3-8-14-11/h2-3,6,8-9H,4-5,7H2,1H3. The van der Waals surface area contributed by atoms with Gasteiger partial charge in [0, 0.05) is 18.0 Å². The van der Waals surface area contributed by atoms with E-state index in [2.05, 4.69) is 9.97 Å². The third-order valence-corrected chi connectivity index (χ3v) is 3.31. The number of aryl methyl sites for hydroxylation is 1. The molecule has 0 radical (unpaired) electrons. The van der Waals surface area contributed by atoms with E-state index in [4.69, 9.17) is 0 Å². The predicted octanol–water partition coefficient (Wildman–Crippen LogP) is 3.12. The topological polar surface area (TPSA) is 42.9 Å². The summed E-state index contributed by atoms with van der Waals surface area (Å²) in [7, 11) is 0. The van der Waals surface area contributed by atoms with Gasteiger partial charge in [0.05, 0.1) is 16.4 Å². The van der Waals surface area contributed by atoms with Gasteiger partial charge in [-0.15, -0.1) is 11.3 Å². The number of hydrogen-bond acceptors (Lipinski definition) is 4. The maximum atomic E-state index is 10.8. The third kappa shape index (κ3) is 3.46. The van der Waals surface area contributed by atoms with Crippen LogP contribution in [-0.4, -0.2) is 15.8 Å². The number of nitrogens with zero attached hydrogens (tertiary/aromatic N) is 2. The minimum absolute atomic E-state index is 0.242. The first-order valence-corrected chi connectivity index (χ1v) is 6.49. The van der Waals surface area contributed by atoms with Crippen molar-refractivity contribution in [2.24, 2.45) is 0 Å². The monoisotopic (exact) mass is 246 g/mol. The maximum Gasteiger partial charge on any atom is 0.129 e. The molecule has 0 spiro atoms. The molecule has 0 saturated carbocycles. The number of carbonyl (C=O) groups excluding carboxylic acids is 1. The van der Waals surface area contributed by atoms with Gasteiger partial charge in [-0.25, -0.2) is 4.98 Å². The molecule has 2 heterocycles. The lowest BCUT2D eigenvalue weighted by molar-refractivity contribution is -0.117. The van der Waals surface area contributed by atoms with Crippen LogP contribution in [0.1, 0.15) is 24.8 Å². The summed E-state index contributed by atoms with van der Waals surface area (Å²) in [4.78, 5) is 19.6. The summed E-state index contributed by atoms with van der Waals surface area (Å²) in [6, 6.07) is 5.80. The smallest absolute Gasteiger partial charge is 0.129 e. The number of thiazole rings is 1. The average molecular weight is 246 g/mol. The number of hydrogen-bond donors (Lipinski definition) is 0. The van der Waals surface area contributed by atoms with Crippen molar-refractivity contribution >= 4 is 17.1 Å². The molecule has 0 amide bonds. The molecule has 0 saturated heterocycles. The molecule has 2 rings (SSSR count). The second kappa shape index (κ2) is 5.68. The Hall–Kier alpha value is -1.55. The van der Waals surface area contributed by atoms with Crippen LogP contribution in [0.3, 0.4) is 0 Å². The summed E-state index contributed by atoms with van der Waals surface area (Å²) in [5.74, 6) is 0.242. The van der Waals surface area contributed by atoms with Crippen LogP contribution in [0.5, 0.6) is 0 Å². The number of Topliss-reactive ketones (excluding diaryl/α,β-unsaturated/α-hetero) is 1. The third-order valence-electron chi connectivity index (χ3n) is 2.40. The van der Waals surface area contributed by atoms with E-state index in [0.717, 1.165) is 29.2 Å². The fourth-order valence-corrected chi connectivity index (χ4v) is 2.38. The molecule has 0 atom stereocenters. The average Bonchev–Trinajstić information content (AvgIpc) is 2.78. The first-order valence-electron chi connectivity index (χ1n) is 5.61. The van der Waals surface area contributed by atoms with Gasteiger partial charge in [0.25, 0.3) is 0 Å². The Morgan fingerprint density at radius 1 is 1.35 bits per heavy atom. The molecule has 0 N–H and O–H groups in total. The summed E-state index contributed by atoms with van der Waals surface area (Å²) >= 11 is 1.63. The normalized spacial score (nSPS) is 10.4. The molecule has 2 aromatic rings. The second-order valence-electron chi connectivity index (χ2n) is 3.90. The van der Waals surface area contributed by atoms with Gasteiger partial charge in [0.2, 0.25) is 0 Å². The fraction of sp³-hybridized carbons (Fsp3) is 0.308. The number of rotatable bonds is 5. The van der Waals surface area contributed by atoms with E-state index in [1.807, 2.05) is 23.6 Å². The quantitative estimate of drug-likeness (QED) is 0.814. The zero-order valence-corrected chi connectivity index (χ0v) is 10.5. The second-order valence-corrected chi connectivity index (χ2v) is 4.84.